The van der Waals surface area contributed by atoms with Crippen LogP contribution in [-0.4, -0.2) is 24.8 Å². The normalized spacial score (nSPS) is 11.8. The molecule has 1 atom stereocenters. The summed E-state index contributed by atoms with van der Waals surface area (Å²) in [5.41, 5.74) is 0.421. The van der Waals surface area contributed by atoms with Gasteiger partial charge in [-0.15, -0.1) is 0 Å². The molecule has 5 heteroatoms. The fourth-order valence-electron chi connectivity index (χ4n) is 1.69. The van der Waals surface area contributed by atoms with Crippen LogP contribution in [0.2, 0.25) is 0 Å². The van der Waals surface area contributed by atoms with E-state index >= 15 is 0 Å². The summed E-state index contributed by atoms with van der Waals surface area (Å²) >= 11 is 3.29. The predicted octanol–water partition coefficient (Wildman–Crippen LogP) is 3.34. The van der Waals surface area contributed by atoms with E-state index in [4.69, 9.17) is 4.74 Å². The molecule has 0 aliphatic rings. The summed E-state index contributed by atoms with van der Waals surface area (Å²) in [6.07, 6.45) is 3.26. The van der Waals surface area contributed by atoms with Gasteiger partial charge in [-0.2, -0.15) is 0 Å². The van der Waals surface area contributed by atoms with E-state index in [0.29, 0.717) is 24.1 Å². The summed E-state index contributed by atoms with van der Waals surface area (Å²) in [4.78, 5) is 22.8. The van der Waals surface area contributed by atoms with Gasteiger partial charge in [0.15, 0.2) is 12.4 Å². The third-order valence-electron chi connectivity index (χ3n) is 2.85. The van der Waals surface area contributed by atoms with Crippen LogP contribution in [0.3, 0.4) is 0 Å². The van der Waals surface area contributed by atoms with Gasteiger partial charge in [0.05, 0.1) is 5.56 Å². The van der Waals surface area contributed by atoms with Crippen molar-refractivity contribution in [3.8, 4) is 5.75 Å². The minimum atomic E-state index is -0.628. The Kier molecular flexibility index (Phi) is 7.30. The van der Waals surface area contributed by atoms with Crippen LogP contribution < -0.4 is 10.1 Å². The Morgan fingerprint density at radius 3 is 2.85 bits per heavy atom. The minimum absolute atomic E-state index is 0.166. The minimum Gasteiger partial charge on any atom is -0.480 e. The van der Waals surface area contributed by atoms with Crippen LogP contribution in [0.15, 0.2) is 22.7 Å². The predicted molar refractivity (Wildman–Crippen MR) is 82.2 cm³/mol. The number of rotatable bonds is 8. The molecule has 1 N–H and O–H groups in total. The first-order valence-corrected chi connectivity index (χ1v) is 7.57. The van der Waals surface area contributed by atoms with Gasteiger partial charge in [0.2, 0.25) is 0 Å². The maximum atomic E-state index is 11.8. The highest BCUT2D eigenvalue weighted by molar-refractivity contribution is 9.10. The Labute approximate surface area is 128 Å². The van der Waals surface area contributed by atoms with Crippen molar-refractivity contribution in [3.05, 3.63) is 28.2 Å². The molecule has 1 unspecified atom stereocenters. The van der Waals surface area contributed by atoms with E-state index in [2.05, 4.69) is 28.2 Å². The molecule has 0 fully saturated rings. The molecule has 0 radical (unpaired) electrons. The molecule has 4 nitrogen and oxygen atoms in total. The van der Waals surface area contributed by atoms with E-state index < -0.39 is 6.10 Å². The van der Waals surface area contributed by atoms with Crippen LogP contribution in [0.4, 0.5) is 0 Å². The largest absolute Gasteiger partial charge is 0.480 e. The second-order valence-electron chi connectivity index (χ2n) is 4.56. The molecule has 1 aromatic carbocycles. The standard InChI is InChI=1S/C15H20BrNO3/c1-3-4-5-8-17-15(19)11(2)20-14-7-6-13(16)9-12(14)10-18/h6-7,9-11H,3-5,8H2,1-2H3,(H,17,19). The molecule has 0 spiro atoms. The zero-order chi connectivity index (χ0) is 15.0. The molecule has 0 bridgehead atoms. The average Bonchev–Trinajstić information content (AvgIpc) is 2.45. The smallest absolute Gasteiger partial charge is 0.260 e. The van der Waals surface area contributed by atoms with E-state index in [-0.39, 0.29) is 5.91 Å². The van der Waals surface area contributed by atoms with Gasteiger partial charge in [-0.3, -0.25) is 9.59 Å². The lowest BCUT2D eigenvalue weighted by Gasteiger charge is -2.16. The van der Waals surface area contributed by atoms with Gasteiger partial charge in [-0.05, 0) is 31.5 Å². The molecule has 0 aliphatic heterocycles. The molecular weight excluding hydrogens is 322 g/mol. The summed E-state index contributed by atoms with van der Waals surface area (Å²) in [5.74, 6) is 0.250. The number of benzene rings is 1. The molecule has 1 aromatic rings. The Hall–Kier alpha value is -1.36. The molecule has 0 heterocycles. The molecule has 20 heavy (non-hydrogen) atoms. The Balaban J connectivity index is 2.54. The molecule has 110 valence electrons. The van der Waals surface area contributed by atoms with Crippen molar-refractivity contribution in [2.24, 2.45) is 0 Å². The van der Waals surface area contributed by atoms with Crippen molar-refractivity contribution in [2.45, 2.75) is 39.2 Å². The maximum absolute atomic E-state index is 11.8. The topological polar surface area (TPSA) is 55.4 Å². The zero-order valence-corrected chi connectivity index (χ0v) is 13.4. The highest BCUT2D eigenvalue weighted by atomic mass is 79.9. The summed E-state index contributed by atoms with van der Waals surface area (Å²) in [5, 5.41) is 2.82. The molecular formula is C15H20BrNO3. The number of nitrogens with one attached hydrogen (secondary N) is 1. The Bertz CT molecular complexity index is 462. The van der Waals surface area contributed by atoms with Gasteiger partial charge < -0.3 is 10.1 Å². The second-order valence-corrected chi connectivity index (χ2v) is 5.47. The van der Waals surface area contributed by atoms with Gasteiger partial charge in [0.1, 0.15) is 5.75 Å². The van der Waals surface area contributed by atoms with Crippen LogP contribution in [-0.2, 0) is 4.79 Å². The Morgan fingerprint density at radius 2 is 2.20 bits per heavy atom. The summed E-state index contributed by atoms with van der Waals surface area (Å²) in [6.45, 7) is 4.44. The number of amides is 1. The van der Waals surface area contributed by atoms with E-state index in [9.17, 15) is 9.59 Å². The lowest BCUT2D eigenvalue weighted by atomic mass is 10.2. The monoisotopic (exact) mass is 341 g/mol. The summed E-state index contributed by atoms with van der Waals surface area (Å²) in [6, 6.07) is 5.11. The van der Waals surface area contributed by atoms with E-state index in [1.807, 2.05) is 0 Å². The van der Waals surface area contributed by atoms with Crippen molar-refractivity contribution in [2.75, 3.05) is 6.54 Å². The van der Waals surface area contributed by atoms with Crippen molar-refractivity contribution < 1.29 is 14.3 Å². The maximum Gasteiger partial charge on any atom is 0.260 e. The van der Waals surface area contributed by atoms with Gasteiger partial charge in [-0.1, -0.05) is 35.7 Å². The van der Waals surface area contributed by atoms with Crippen molar-refractivity contribution in [3.63, 3.8) is 0 Å². The van der Waals surface area contributed by atoms with Crippen molar-refractivity contribution >= 4 is 28.1 Å². The first-order valence-electron chi connectivity index (χ1n) is 6.77. The highest BCUT2D eigenvalue weighted by Crippen LogP contribution is 2.22. The highest BCUT2D eigenvalue weighted by Gasteiger charge is 2.15. The lowest BCUT2D eigenvalue weighted by Crippen LogP contribution is -2.37. The first kappa shape index (κ1) is 16.7. The van der Waals surface area contributed by atoms with Gasteiger partial charge in [0.25, 0.3) is 5.91 Å². The van der Waals surface area contributed by atoms with Crippen LogP contribution >= 0.6 is 15.9 Å². The quantitative estimate of drug-likeness (QED) is 0.582. The number of unbranched alkanes of at least 4 members (excludes halogenated alkanes) is 2. The van der Waals surface area contributed by atoms with Crippen molar-refractivity contribution in [1.29, 1.82) is 0 Å². The van der Waals surface area contributed by atoms with E-state index in [0.717, 1.165) is 23.7 Å². The van der Waals surface area contributed by atoms with E-state index in [1.165, 1.54) is 0 Å². The molecule has 0 saturated carbocycles. The molecule has 0 aromatic heterocycles. The first-order chi connectivity index (χ1) is 9.58. The second kappa shape index (κ2) is 8.74. The number of aldehydes is 1. The van der Waals surface area contributed by atoms with Crippen molar-refractivity contribution in [1.82, 2.24) is 5.32 Å². The van der Waals surface area contributed by atoms with Crippen LogP contribution in [0.1, 0.15) is 43.5 Å². The molecule has 0 aliphatic carbocycles. The zero-order valence-electron chi connectivity index (χ0n) is 11.8. The Morgan fingerprint density at radius 1 is 1.45 bits per heavy atom. The summed E-state index contributed by atoms with van der Waals surface area (Å²) in [7, 11) is 0. The number of hydrogen-bond donors (Lipinski definition) is 1. The number of carbonyl (C=O) groups excluding carboxylic acids is 2. The van der Waals surface area contributed by atoms with Gasteiger partial charge in [-0.25, -0.2) is 0 Å². The van der Waals surface area contributed by atoms with Crippen LogP contribution in [0.25, 0.3) is 0 Å². The fourth-order valence-corrected chi connectivity index (χ4v) is 2.07. The fraction of sp³-hybridized carbons (Fsp3) is 0.467. The lowest BCUT2D eigenvalue weighted by molar-refractivity contribution is -0.127. The molecule has 1 amide bonds. The average molecular weight is 342 g/mol. The SMILES string of the molecule is CCCCCNC(=O)C(C)Oc1ccc(Br)cc1C=O. The van der Waals surface area contributed by atoms with E-state index in [1.54, 1.807) is 25.1 Å². The third-order valence-corrected chi connectivity index (χ3v) is 3.34. The van der Waals surface area contributed by atoms with Gasteiger partial charge >= 0.3 is 0 Å². The van der Waals surface area contributed by atoms with Gasteiger partial charge in [0, 0.05) is 11.0 Å². The van der Waals surface area contributed by atoms with Crippen LogP contribution in [0, 0.1) is 0 Å². The molecule has 1 rings (SSSR count). The number of ether oxygens (including phenoxy) is 1. The number of carbonyl (C=O) groups is 2. The summed E-state index contributed by atoms with van der Waals surface area (Å²) < 4.78 is 6.34. The number of halogens is 1. The van der Waals surface area contributed by atoms with Crippen LogP contribution in [0.5, 0.6) is 5.75 Å². The third kappa shape index (κ3) is 5.33. The molecule has 0 saturated heterocycles. The number of hydrogen-bond acceptors (Lipinski definition) is 3.